The third-order valence-electron chi connectivity index (χ3n) is 4.08. The van der Waals surface area contributed by atoms with Gasteiger partial charge in [-0.15, -0.1) is 0 Å². The van der Waals surface area contributed by atoms with Crippen LogP contribution in [0.2, 0.25) is 0 Å². The molecule has 1 N–H and O–H groups in total. The highest BCUT2D eigenvalue weighted by atomic mass is 19.1. The number of benzene rings is 2. The predicted octanol–water partition coefficient (Wildman–Crippen LogP) is 2.32. The summed E-state index contributed by atoms with van der Waals surface area (Å²) in [7, 11) is 0. The summed E-state index contributed by atoms with van der Waals surface area (Å²) < 4.78 is 14.1. The molecule has 0 saturated carbocycles. The second kappa shape index (κ2) is 7.32. The van der Waals surface area contributed by atoms with Crippen molar-refractivity contribution in [3.05, 3.63) is 80.6 Å². The van der Waals surface area contributed by atoms with E-state index in [1.807, 2.05) is 0 Å². The van der Waals surface area contributed by atoms with Crippen LogP contribution in [-0.2, 0) is 11.3 Å². The summed E-state index contributed by atoms with van der Waals surface area (Å²) in [5, 5.41) is 13.7. The molecule has 0 saturated heterocycles. The van der Waals surface area contributed by atoms with E-state index >= 15 is 0 Å². The Morgan fingerprint density at radius 3 is 2.67 bits per heavy atom. The average Bonchev–Trinajstić information content (AvgIpc) is 2.64. The lowest BCUT2D eigenvalue weighted by Crippen LogP contribution is -2.34. The summed E-state index contributed by atoms with van der Waals surface area (Å²) in [6.07, 6.45) is 1.22. The number of fused-ring (bicyclic) bond motifs is 1. The van der Waals surface area contributed by atoms with Gasteiger partial charge in [-0.3, -0.25) is 24.3 Å². The second-order valence-corrected chi connectivity index (χ2v) is 5.98. The zero-order chi connectivity index (χ0) is 19.6. The summed E-state index contributed by atoms with van der Waals surface area (Å²) in [5.74, 6) is -0.819. The molecule has 0 radical (unpaired) electrons. The maximum absolute atomic E-state index is 13.0. The summed E-state index contributed by atoms with van der Waals surface area (Å²) in [6.45, 7) is 1.44. The van der Waals surface area contributed by atoms with E-state index in [0.717, 1.165) is 10.6 Å². The van der Waals surface area contributed by atoms with Crippen molar-refractivity contribution in [1.29, 1.82) is 0 Å². The molecule has 8 nitrogen and oxygen atoms in total. The highest BCUT2D eigenvalue weighted by molar-refractivity contribution is 5.81. The van der Waals surface area contributed by atoms with Gasteiger partial charge in [-0.25, -0.2) is 9.37 Å². The molecule has 0 bridgehead atoms. The van der Waals surface area contributed by atoms with Gasteiger partial charge in [-0.05, 0) is 30.7 Å². The van der Waals surface area contributed by atoms with Gasteiger partial charge >= 0.3 is 0 Å². The van der Waals surface area contributed by atoms with E-state index < -0.39 is 16.4 Å². The molecule has 1 aromatic heterocycles. The zero-order valence-electron chi connectivity index (χ0n) is 14.3. The van der Waals surface area contributed by atoms with Crippen molar-refractivity contribution in [1.82, 2.24) is 14.9 Å². The molecule has 1 heterocycles. The number of rotatable bonds is 5. The van der Waals surface area contributed by atoms with Crippen molar-refractivity contribution in [3.8, 4) is 0 Å². The van der Waals surface area contributed by atoms with E-state index in [1.165, 1.54) is 30.6 Å². The first-order chi connectivity index (χ1) is 12.8. The molecular formula is C18H15FN4O4. The van der Waals surface area contributed by atoms with Gasteiger partial charge in [-0.2, -0.15) is 0 Å². The van der Waals surface area contributed by atoms with Crippen molar-refractivity contribution in [3.63, 3.8) is 0 Å². The van der Waals surface area contributed by atoms with Crippen LogP contribution in [0.25, 0.3) is 10.9 Å². The molecule has 0 spiro atoms. The van der Waals surface area contributed by atoms with E-state index in [0.29, 0.717) is 11.1 Å². The minimum absolute atomic E-state index is 0.0612. The Bertz CT molecular complexity index is 1080. The Morgan fingerprint density at radius 1 is 1.30 bits per heavy atom. The van der Waals surface area contributed by atoms with Crippen LogP contribution in [0.3, 0.4) is 0 Å². The van der Waals surface area contributed by atoms with Crippen LogP contribution in [0.15, 0.2) is 53.6 Å². The number of hydrogen-bond donors (Lipinski definition) is 1. The van der Waals surface area contributed by atoms with Crippen LogP contribution in [0.4, 0.5) is 10.1 Å². The smallest absolute Gasteiger partial charge is 0.270 e. The Morgan fingerprint density at radius 2 is 2.00 bits per heavy atom. The topological polar surface area (TPSA) is 107 Å². The number of carbonyl (C=O) groups excluding carboxylic acids is 1. The number of nitro benzene ring substituents is 1. The van der Waals surface area contributed by atoms with Crippen molar-refractivity contribution in [2.75, 3.05) is 0 Å². The van der Waals surface area contributed by atoms with Crippen LogP contribution in [0, 0.1) is 15.9 Å². The van der Waals surface area contributed by atoms with Gasteiger partial charge in [0.15, 0.2) is 0 Å². The van der Waals surface area contributed by atoms with E-state index in [9.17, 15) is 24.1 Å². The van der Waals surface area contributed by atoms with Crippen molar-refractivity contribution < 1.29 is 14.1 Å². The maximum Gasteiger partial charge on any atom is 0.270 e. The fraction of sp³-hybridized carbons (Fsp3) is 0.167. The fourth-order valence-corrected chi connectivity index (χ4v) is 2.65. The summed E-state index contributed by atoms with van der Waals surface area (Å²) in [5.41, 5.74) is 0.244. The van der Waals surface area contributed by atoms with Gasteiger partial charge in [0.2, 0.25) is 5.91 Å². The van der Waals surface area contributed by atoms with Crippen LogP contribution in [-0.4, -0.2) is 20.4 Å². The van der Waals surface area contributed by atoms with Gasteiger partial charge in [-0.1, -0.05) is 12.1 Å². The number of nitrogens with zero attached hydrogens (tertiary/aromatic N) is 3. The SMILES string of the molecule is CC(NC(=O)Cn1cnc2ccc([N+](=O)[O-])cc2c1=O)c1ccc(F)cc1. The molecule has 2 aromatic carbocycles. The number of hydrogen-bond acceptors (Lipinski definition) is 5. The molecule has 27 heavy (non-hydrogen) atoms. The summed E-state index contributed by atoms with van der Waals surface area (Å²) in [4.78, 5) is 39.1. The molecule has 0 fully saturated rings. The second-order valence-electron chi connectivity index (χ2n) is 5.98. The highest BCUT2D eigenvalue weighted by Crippen LogP contribution is 2.16. The van der Waals surface area contributed by atoms with E-state index in [2.05, 4.69) is 10.3 Å². The molecule has 0 aliphatic carbocycles. The highest BCUT2D eigenvalue weighted by Gasteiger charge is 2.14. The lowest BCUT2D eigenvalue weighted by atomic mass is 10.1. The lowest BCUT2D eigenvalue weighted by Gasteiger charge is -2.15. The zero-order valence-corrected chi connectivity index (χ0v) is 14.3. The van der Waals surface area contributed by atoms with Crippen LogP contribution >= 0.6 is 0 Å². The predicted molar refractivity (Wildman–Crippen MR) is 95.6 cm³/mol. The Kier molecular flexibility index (Phi) is 4.93. The molecule has 1 unspecified atom stereocenters. The van der Waals surface area contributed by atoms with Gasteiger partial charge in [0, 0.05) is 12.1 Å². The third kappa shape index (κ3) is 3.97. The van der Waals surface area contributed by atoms with Gasteiger partial charge in [0.25, 0.3) is 11.2 Å². The normalized spacial score (nSPS) is 11.9. The van der Waals surface area contributed by atoms with Crippen molar-refractivity contribution >= 4 is 22.5 Å². The summed E-state index contributed by atoms with van der Waals surface area (Å²) in [6, 6.07) is 9.10. The van der Waals surface area contributed by atoms with Crippen molar-refractivity contribution in [2.24, 2.45) is 0 Å². The Balaban J connectivity index is 1.80. The van der Waals surface area contributed by atoms with Crippen LogP contribution in [0.1, 0.15) is 18.5 Å². The number of nitrogens with one attached hydrogen (secondary N) is 1. The largest absolute Gasteiger partial charge is 0.348 e. The number of aromatic nitrogens is 2. The van der Waals surface area contributed by atoms with E-state index in [4.69, 9.17) is 0 Å². The standard InChI is InChI=1S/C18H15FN4O4/c1-11(12-2-4-13(19)5-3-12)21-17(24)9-22-10-20-16-7-6-14(23(26)27)8-15(16)18(22)25/h2-8,10-11H,9H2,1H3,(H,21,24). The number of carbonyl (C=O) groups is 1. The van der Waals surface area contributed by atoms with E-state index in [-0.39, 0.29) is 29.5 Å². The average molecular weight is 370 g/mol. The molecule has 0 aliphatic heterocycles. The Labute approximate surface area is 152 Å². The first-order valence-corrected chi connectivity index (χ1v) is 8.03. The quantitative estimate of drug-likeness (QED) is 0.548. The summed E-state index contributed by atoms with van der Waals surface area (Å²) >= 11 is 0. The lowest BCUT2D eigenvalue weighted by molar-refractivity contribution is -0.384. The van der Waals surface area contributed by atoms with Crippen molar-refractivity contribution in [2.45, 2.75) is 19.5 Å². The molecule has 3 aromatic rings. The number of halogens is 1. The molecule has 138 valence electrons. The number of non-ortho nitro benzene ring substituents is 1. The molecule has 1 atom stereocenters. The fourth-order valence-electron chi connectivity index (χ4n) is 2.65. The monoisotopic (exact) mass is 370 g/mol. The minimum Gasteiger partial charge on any atom is -0.348 e. The molecular weight excluding hydrogens is 355 g/mol. The minimum atomic E-state index is -0.604. The first-order valence-electron chi connectivity index (χ1n) is 8.03. The van der Waals surface area contributed by atoms with E-state index in [1.54, 1.807) is 19.1 Å². The number of nitro groups is 1. The number of amides is 1. The third-order valence-corrected chi connectivity index (χ3v) is 4.08. The maximum atomic E-state index is 13.0. The Hall–Kier alpha value is -3.62. The van der Waals surface area contributed by atoms with Gasteiger partial charge in [0.1, 0.15) is 12.4 Å². The molecule has 3 rings (SSSR count). The first kappa shape index (κ1) is 18.2. The van der Waals surface area contributed by atoms with Crippen LogP contribution < -0.4 is 10.9 Å². The van der Waals surface area contributed by atoms with Crippen LogP contribution in [0.5, 0.6) is 0 Å². The molecule has 9 heteroatoms. The molecule has 0 aliphatic rings. The van der Waals surface area contributed by atoms with Gasteiger partial charge < -0.3 is 5.32 Å². The molecule has 1 amide bonds. The van der Waals surface area contributed by atoms with Gasteiger partial charge in [0.05, 0.1) is 28.2 Å².